The molecule has 2 aromatic heterocycles. The summed E-state index contributed by atoms with van der Waals surface area (Å²) in [5, 5.41) is 2.73. The zero-order valence-electron chi connectivity index (χ0n) is 20.6. The number of benzene rings is 1. The molecule has 0 unspecified atom stereocenters. The van der Waals surface area contributed by atoms with Crippen LogP contribution in [0.1, 0.15) is 33.4 Å². The number of methoxy groups -OCH3 is 2. The van der Waals surface area contributed by atoms with Crippen LogP contribution in [0, 0.1) is 13.8 Å². The number of rotatable bonds is 9. The molecule has 3 aromatic rings. The predicted octanol–water partition coefficient (Wildman–Crippen LogP) is 5.77. The Bertz CT molecular complexity index is 1310. The van der Waals surface area contributed by atoms with Gasteiger partial charge in [-0.2, -0.15) is 13.2 Å². The number of halogens is 3. The van der Waals surface area contributed by atoms with E-state index in [4.69, 9.17) is 14.2 Å². The van der Waals surface area contributed by atoms with Gasteiger partial charge in [0.2, 0.25) is 5.91 Å². The molecule has 37 heavy (non-hydrogen) atoms. The van der Waals surface area contributed by atoms with E-state index in [1.165, 1.54) is 31.6 Å². The maximum Gasteiger partial charge on any atom is 0.433 e. The van der Waals surface area contributed by atoms with Crippen molar-refractivity contribution in [2.24, 2.45) is 0 Å². The number of aromatic nitrogens is 2. The lowest BCUT2D eigenvalue weighted by Crippen LogP contribution is -2.17. The quantitative estimate of drug-likeness (QED) is 0.202. The lowest BCUT2D eigenvalue weighted by molar-refractivity contribution is -0.141. The first-order valence-corrected chi connectivity index (χ1v) is 12.7. The van der Waals surface area contributed by atoms with Gasteiger partial charge in [0, 0.05) is 10.4 Å². The third kappa shape index (κ3) is 6.72. The maximum atomic E-state index is 13.6. The van der Waals surface area contributed by atoms with Crippen molar-refractivity contribution in [1.82, 2.24) is 9.97 Å². The molecule has 0 aliphatic carbocycles. The van der Waals surface area contributed by atoms with Crippen LogP contribution < -0.4 is 14.8 Å². The fourth-order valence-electron chi connectivity index (χ4n) is 3.24. The van der Waals surface area contributed by atoms with Crippen LogP contribution in [-0.4, -0.2) is 48.4 Å². The molecule has 8 nitrogen and oxygen atoms in total. The highest BCUT2D eigenvalue weighted by Gasteiger charge is 2.34. The number of thiophene rings is 1. The smallest absolute Gasteiger partial charge is 0.433 e. The van der Waals surface area contributed by atoms with E-state index in [1.807, 2.05) is 0 Å². The van der Waals surface area contributed by atoms with Gasteiger partial charge in [-0.3, -0.25) is 4.79 Å². The van der Waals surface area contributed by atoms with Crippen molar-refractivity contribution >= 4 is 40.0 Å². The third-order valence-electron chi connectivity index (χ3n) is 5.13. The van der Waals surface area contributed by atoms with Gasteiger partial charge >= 0.3 is 12.1 Å². The molecule has 13 heteroatoms. The van der Waals surface area contributed by atoms with Gasteiger partial charge in [0.1, 0.15) is 10.7 Å². The van der Waals surface area contributed by atoms with Gasteiger partial charge in [-0.15, -0.1) is 11.3 Å². The Labute approximate surface area is 219 Å². The van der Waals surface area contributed by atoms with Crippen LogP contribution in [0.15, 0.2) is 29.4 Å². The maximum absolute atomic E-state index is 13.6. The number of anilines is 1. The molecular formula is C24H24F3N3O5S2. The average Bonchev–Trinajstić information content (AvgIpc) is 3.14. The number of carbonyl (C=O) groups is 2. The van der Waals surface area contributed by atoms with Gasteiger partial charge in [-0.25, -0.2) is 14.8 Å². The lowest BCUT2D eigenvalue weighted by atomic mass is 10.1. The largest absolute Gasteiger partial charge is 0.493 e. The molecule has 0 bridgehead atoms. The molecule has 3 rings (SSSR count). The van der Waals surface area contributed by atoms with Crippen molar-refractivity contribution in [3.05, 3.63) is 46.0 Å². The van der Waals surface area contributed by atoms with Crippen molar-refractivity contribution < 1.29 is 37.0 Å². The van der Waals surface area contributed by atoms with Crippen molar-refractivity contribution in [3.8, 4) is 22.8 Å². The Morgan fingerprint density at radius 3 is 2.41 bits per heavy atom. The number of nitrogens with one attached hydrogen (secondary N) is 1. The lowest BCUT2D eigenvalue weighted by Gasteiger charge is -2.12. The van der Waals surface area contributed by atoms with Crippen LogP contribution in [0.2, 0.25) is 0 Å². The van der Waals surface area contributed by atoms with Gasteiger partial charge in [-0.1, -0.05) is 11.8 Å². The van der Waals surface area contributed by atoms with Crippen LogP contribution in [0.4, 0.5) is 18.2 Å². The van der Waals surface area contributed by atoms with E-state index in [9.17, 15) is 22.8 Å². The summed E-state index contributed by atoms with van der Waals surface area (Å²) in [5.74, 6) is -0.660. The minimum atomic E-state index is -4.73. The average molecular weight is 556 g/mol. The summed E-state index contributed by atoms with van der Waals surface area (Å²) in [5.41, 5.74) is 0.144. The number of alkyl halides is 3. The number of nitrogens with zero attached hydrogens (tertiary/aromatic N) is 2. The van der Waals surface area contributed by atoms with Gasteiger partial charge in [0.05, 0.1) is 37.8 Å². The molecule has 2 heterocycles. The van der Waals surface area contributed by atoms with Crippen molar-refractivity contribution in [3.63, 3.8) is 0 Å². The van der Waals surface area contributed by atoms with E-state index in [-0.39, 0.29) is 28.8 Å². The Balaban J connectivity index is 1.85. The number of hydrogen-bond donors (Lipinski definition) is 1. The summed E-state index contributed by atoms with van der Waals surface area (Å²) in [6, 6.07) is 5.42. The van der Waals surface area contributed by atoms with E-state index >= 15 is 0 Å². The van der Waals surface area contributed by atoms with Crippen LogP contribution in [0.25, 0.3) is 11.3 Å². The monoisotopic (exact) mass is 555 g/mol. The summed E-state index contributed by atoms with van der Waals surface area (Å²) in [4.78, 5) is 33.6. The van der Waals surface area contributed by atoms with Gasteiger partial charge < -0.3 is 19.5 Å². The third-order valence-corrected chi connectivity index (χ3v) is 7.10. The fraction of sp³-hybridized carbons (Fsp3) is 0.333. The normalized spacial score (nSPS) is 11.2. The predicted molar refractivity (Wildman–Crippen MR) is 135 cm³/mol. The Morgan fingerprint density at radius 1 is 1.08 bits per heavy atom. The SMILES string of the molecule is CCOC(=O)c1c(NC(=O)CSc2nc(-c3ccc(OC)c(OC)c3)cc(C(F)(F)F)n2)sc(C)c1C. The molecule has 1 amide bonds. The second kappa shape index (κ2) is 11.8. The fourth-order valence-corrected chi connectivity index (χ4v) is 4.96. The minimum absolute atomic E-state index is 0.000268. The number of esters is 1. The first-order valence-electron chi connectivity index (χ1n) is 10.9. The van der Waals surface area contributed by atoms with Gasteiger partial charge in [0.25, 0.3) is 0 Å². The molecule has 1 aromatic carbocycles. The Morgan fingerprint density at radius 2 is 1.78 bits per heavy atom. The van der Waals surface area contributed by atoms with E-state index in [2.05, 4.69) is 15.3 Å². The van der Waals surface area contributed by atoms with Crippen LogP contribution in [0.5, 0.6) is 11.5 Å². The number of hydrogen-bond acceptors (Lipinski definition) is 9. The highest BCUT2D eigenvalue weighted by Crippen LogP contribution is 2.36. The molecule has 0 fully saturated rings. The molecule has 0 saturated carbocycles. The summed E-state index contributed by atoms with van der Waals surface area (Å²) in [7, 11) is 2.85. The van der Waals surface area contributed by atoms with Crippen LogP contribution in [-0.2, 0) is 15.7 Å². The van der Waals surface area contributed by atoms with Gasteiger partial charge in [0.15, 0.2) is 16.7 Å². The number of carbonyl (C=O) groups excluding carboxylic acids is 2. The molecule has 0 atom stereocenters. The molecular weight excluding hydrogens is 531 g/mol. The summed E-state index contributed by atoms with van der Waals surface area (Å²) in [6.07, 6.45) is -4.73. The molecule has 0 radical (unpaired) electrons. The minimum Gasteiger partial charge on any atom is -0.493 e. The number of ether oxygens (including phenoxy) is 3. The second-order valence-corrected chi connectivity index (χ2v) is 9.70. The van der Waals surface area contributed by atoms with Crippen molar-refractivity contribution in [2.45, 2.75) is 32.1 Å². The molecule has 1 N–H and O–H groups in total. The Hall–Kier alpha value is -3.32. The molecule has 0 saturated heterocycles. The second-order valence-electron chi connectivity index (χ2n) is 7.53. The number of thioether (sulfide) groups is 1. The summed E-state index contributed by atoms with van der Waals surface area (Å²) < 4.78 is 56.2. The van der Waals surface area contributed by atoms with Gasteiger partial charge in [-0.05, 0) is 50.6 Å². The van der Waals surface area contributed by atoms with E-state index < -0.39 is 23.7 Å². The molecule has 198 valence electrons. The van der Waals surface area contributed by atoms with E-state index in [0.717, 1.165) is 22.7 Å². The van der Waals surface area contributed by atoms with Crippen molar-refractivity contribution in [2.75, 3.05) is 31.9 Å². The molecule has 0 spiro atoms. The van der Waals surface area contributed by atoms with Crippen molar-refractivity contribution in [1.29, 1.82) is 0 Å². The highest BCUT2D eigenvalue weighted by molar-refractivity contribution is 7.99. The highest BCUT2D eigenvalue weighted by atomic mass is 32.2. The summed E-state index contributed by atoms with van der Waals surface area (Å²) in [6.45, 7) is 5.40. The number of aryl methyl sites for hydroxylation is 1. The molecule has 0 aliphatic heterocycles. The van der Waals surface area contributed by atoms with Crippen LogP contribution in [0.3, 0.4) is 0 Å². The van der Waals surface area contributed by atoms with E-state index in [0.29, 0.717) is 27.6 Å². The summed E-state index contributed by atoms with van der Waals surface area (Å²) >= 11 is 1.95. The zero-order chi connectivity index (χ0) is 27.3. The van der Waals surface area contributed by atoms with E-state index in [1.54, 1.807) is 32.9 Å². The van der Waals surface area contributed by atoms with Crippen LogP contribution >= 0.6 is 23.1 Å². The first kappa shape index (κ1) is 28.3. The Kier molecular flexibility index (Phi) is 9.02. The zero-order valence-corrected chi connectivity index (χ0v) is 22.2. The number of amides is 1. The first-order chi connectivity index (χ1) is 17.5. The standard InChI is InChI=1S/C24H24F3N3O5S2/c1-6-35-22(32)20-12(2)13(3)37-21(20)30-19(31)11-36-23-28-15(10-18(29-23)24(25,26)27)14-7-8-16(33-4)17(9-14)34-5/h7-10H,6,11H2,1-5H3,(H,30,31). The molecule has 0 aliphatic rings. The topological polar surface area (TPSA) is 99.6 Å².